The molecule has 1 aliphatic rings. The number of carboxylic acids is 1. The largest absolute Gasteiger partial charge is 0.487 e. The predicted molar refractivity (Wildman–Crippen MR) is 85.8 cm³/mol. The van der Waals surface area contributed by atoms with Crippen LogP contribution in [0.3, 0.4) is 0 Å². The number of aromatic nitrogens is 1. The summed E-state index contributed by atoms with van der Waals surface area (Å²) in [5.41, 5.74) is -0.909. The zero-order valence-electron chi connectivity index (χ0n) is 14.0. The van der Waals surface area contributed by atoms with Gasteiger partial charge in [0.25, 0.3) is 0 Å². The number of carboxylic acid groups (broad SMARTS) is 1. The fourth-order valence-corrected chi connectivity index (χ4v) is 2.75. The Morgan fingerprint density at radius 1 is 1.30 bits per heavy atom. The first-order valence-electron chi connectivity index (χ1n) is 7.74. The Hall–Kier alpha value is -3.04. The molecule has 6 nitrogen and oxygen atoms in total. The first-order chi connectivity index (χ1) is 12.7. The van der Waals surface area contributed by atoms with Crippen LogP contribution in [0.1, 0.15) is 15.9 Å². The topological polar surface area (TPSA) is 71.9 Å². The highest BCUT2D eigenvalue weighted by atomic mass is 19.4. The monoisotopic (exact) mass is 386 g/mol. The number of pyridine rings is 1. The van der Waals surface area contributed by atoms with Crippen molar-refractivity contribution in [2.45, 2.75) is 12.3 Å². The molecule has 1 aromatic heterocycles. The molecule has 10 heteroatoms. The second-order valence-corrected chi connectivity index (χ2v) is 5.84. The fourth-order valence-electron chi connectivity index (χ4n) is 2.75. The first-order valence-corrected chi connectivity index (χ1v) is 7.74. The molecule has 1 aliphatic heterocycles. The van der Waals surface area contributed by atoms with Gasteiger partial charge in [0.05, 0.1) is 31.5 Å². The highest BCUT2D eigenvalue weighted by molar-refractivity contribution is 5.97. The molecule has 0 unspecified atom stereocenters. The molecule has 2 heterocycles. The number of halogens is 4. The highest BCUT2D eigenvalue weighted by Crippen LogP contribution is 2.34. The highest BCUT2D eigenvalue weighted by Gasteiger charge is 2.35. The van der Waals surface area contributed by atoms with E-state index in [2.05, 4.69) is 4.98 Å². The van der Waals surface area contributed by atoms with Gasteiger partial charge in [-0.15, -0.1) is 0 Å². The number of methoxy groups -OCH3 is 1. The lowest BCUT2D eigenvalue weighted by Gasteiger charge is -2.41. The molecule has 1 fully saturated rings. The third kappa shape index (κ3) is 3.88. The first kappa shape index (κ1) is 18.7. The summed E-state index contributed by atoms with van der Waals surface area (Å²) in [4.78, 5) is 17.0. The van der Waals surface area contributed by atoms with Gasteiger partial charge in [-0.25, -0.2) is 14.2 Å². The lowest BCUT2D eigenvalue weighted by atomic mass is 10.1. The lowest BCUT2D eigenvalue weighted by Crippen LogP contribution is -2.54. The summed E-state index contributed by atoms with van der Waals surface area (Å²) in [7, 11) is 1.29. The summed E-state index contributed by atoms with van der Waals surface area (Å²) >= 11 is 0. The number of carbonyl (C=O) groups is 1. The molecule has 0 radical (unpaired) electrons. The van der Waals surface area contributed by atoms with Crippen molar-refractivity contribution in [2.75, 3.05) is 25.1 Å². The van der Waals surface area contributed by atoms with Crippen molar-refractivity contribution in [3.63, 3.8) is 0 Å². The Morgan fingerprint density at radius 3 is 2.59 bits per heavy atom. The number of aromatic carboxylic acids is 1. The van der Waals surface area contributed by atoms with Crippen LogP contribution in [0.5, 0.6) is 11.6 Å². The second kappa shape index (κ2) is 6.93. The van der Waals surface area contributed by atoms with Crippen molar-refractivity contribution in [3.05, 3.63) is 47.4 Å². The molecule has 0 atom stereocenters. The van der Waals surface area contributed by atoms with Crippen LogP contribution in [0.25, 0.3) is 0 Å². The summed E-state index contributed by atoms with van der Waals surface area (Å²) in [6.45, 7) is 0.427. The number of hydrogen-bond acceptors (Lipinski definition) is 5. The van der Waals surface area contributed by atoms with Crippen LogP contribution in [-0.4, -0.2) is 42.4 Å². The van der Waals surface area contributed by atoms with E-state index in [1.165, 1.54) is 19.4 Å². The van der Waals surface area contributed by atoms with Crippen molar-refractivity contribution in [2.24, 2.45) is 0 Å². The van der Waals surface area contributed by atoms with Crippen LogP contribution in [0.15, 0.2) is 30.5 Å². The van der Waals surface area contributed by atoms with Crippen molar-refractivity contribution < 1.29 is 36.9 Å². The number of nitrogens with zero attached hydrogens (tertiary/aromatic N) is 2. The molecular weight excluding hydrogens is 372 g/mol. The Labute approximate surface area is 150 Å². The molecule has 144 valence electrons. The van der Waals surface area contributed by atoms with E-state index in [-0.39, 0.29) is 30.3 Å². The van der Waals surface area contributed by atoms with Crippen LogP contribution >= 0.6 is 0 Å². The van der Waals surface area contributed by atoms with E-state index in [0.717, 1.165) is 12.1 Å². The molecule has 27 heavy (non-hydrogen) atoms. The summed E-state index contributed by atoms with van der Waals surface area (Å²) in [6.07, 6.45) is -3.82. The predicted octanol–water partition coefficient (Wildman–Crippen LogP) is 3.21. The van der Waals surface area contributed by atoms with Gasteiger partial charge in [-0.3, -0.25) is 0 Å². The Kier molecular flexibility index (Phi) is 4.81. The molecule has 0 aliphatic carbocycles. The quantitative estimate of drug-likeness (QED) is 0.796. The minimum absolute atomic E-state index is 0.0516. The van der Waals surface area contributed by atoms with Crippen LogP contribution in [0, 0.1) is 5.82 Å². The number of benzene rings is 1. The summed E-state index contributed by atoms with van der Waals surface area (Å²) in [6, 6.07) is 3.48. The summed E-state index contributed by atoms with van der Waals surface area (Å²) in [5.74, 6) is -2.57. The van der Waals surface area contributed by atoms with E-state index in [1.54, 1.807) is 4.90 Å². The maximum absolute atomic E-state index is 13.4. The zero-order valence-corrected chi connectivity index (χ0v) is 14.0. The lowest BCUT2D eigenvalue weighted by molar-refractivity contribution is -0.137. The minimum Gasteiger partial charge on any atom is -0.487 e. The smallest absolute Gasteiger partial charge is 0.416 e. The molecule has 1 saturated heterocycles. The van der Waals surface area contributed by atoms with Gasteiger partial charge in [0, 0.05) is 12.3 Å². The minimum atomic E-state index is -4.68. The van der Waals surface area contributed by atoms with E-state index >= 15 is 0 Å². The van der Waals surface area contributed by atoms with Crippen LogP contribution < -0.4 is 14.4 Å². The molecule has 0 spiro atoms. The number of ether oxygens (including phenoxy) is 2. The fraction of sp³-hybridized carbons (Fsp3) is 0.294. The van der Waals surface area contributed by atoms with Crippen LogP contribution in [0.2, 0.25) is 0 Å². The number of rotatable bonds is 5. The van der Waals surface area contributed by atoms with E-state index in [4.69, 9.17) is 9.47 Å². The van der Waals surface area contributed by atoms with Crippen molar-refractivity contribution in [1.29, 1.82) is 0 Å². The van der Waals surface area contributed by atoms with Gasteiger partial charge in [-0.2, -0.15) is 13.2 Å². The van der Waals surface area contributed by atoms with Crippen LogP contribution in [0.4, 0.5) is 23.2 Å². The molecule has 2 aromatic rings. The zero-order chi connectivity index (χ0) is 19.8. The van der Waals surface area contributed by atoms with Gasteiger partial charge in [0.2, 0.25) is 5.88 Å². The maximum atomic E-state index is 13.4. The van der Waals surface area contributed by atoms with Crippen molar-refractivity contribution in [1.82, 2.24) is 4.98 Å². The number of anilines is 1. The molecule has 1 aromatic carbocycles. The Balaban J connectivity index is 1.73. The van der Waals surface area contributed by atoms with Gasteiger partial charge >= 0.3 is 12.1 Å². The number of hydrogen-bond donors (Lipinski definition) is 1. The van der Waals surface area contributed by atoms with Gasteiger partial charge in [-0.1, -0.05) is 0 Å². The van der Waals surface area contributed by atoms with Gasteiger partial charge in [0.1, 0.15) is 23.2 Å². The average molecular weight is 386 g/mol. The molecule has 3 rings (SSSR count). The van der Waals surface area contributed by atoms with E-state index in [0.29, 0.717) is 11.8 Å². The number of alkyl halides is 3. The second-order valence-electron chi connectivity index (χ2n) is 5.84. The van der Waals surface area contributed by atoms with Crippen molar-refractivity contribution >= 4 is 11.7 Å². The van der Waals surface area contributed by atoms with Crippen LogP contribution in [-0.2, 0) is 6.18 Å². The third-order valence-electron chi connectivity index (χ3n) is 3.99. The van der Waals surface area contributed by atoms with Crippen molar-refractivity contribution in [3.8, 4) is 11.6 Å². The molecule has 1 N–H and O–H groups in total. The summed E-state index contributed by atoms with van der Waals surface area (Å²) in [5, 5.41) is 9.36. The third-order valence-corrected chi connectivity index (χ3v) is 3.99. The SMILES string of the molecule is COc1nccc(N2CC(Oc3cc(F)cc(C(F)(F)F)c3)C2)c1C(=O)O. The molecule has 0 amide bonds. The van der Waals surface area contributed by atoms with E-state index in [1.807, 2.05) is 0 Å². The van der Waals surface area contributed by atoms with E-state index in [9.17, 15) is 27.5 Å². The summed E-state index contributed by atoms with van der Waals surface area (Å²) < 4.78 is 62.0. The Bertz CT molecular complexity index is 866. The maximum Gasteiger partial charge on any atom is 0.416 e. The molecule has 0 saturated carbocycles. The molecule has 0 bridgehead atoms. The average Bonchev–Trinajstić information content (AvgIpc) is 2.55. The van der Waals surface area contributed by atoms with E-state index < -0.39 is 29.6 Å². The van der Waals surface area contributed by atoms with Gasteiger partial charge in [0.15, 0.2) is 0 Å². The Morgan fingerprint density at radius 2 is 2.00 bits per heavy atom. The molecular formula is C17H14F4N2O4. The standard InChI is InChI=1S/C17H14F4N2O4/c1-26-15-14(16(24)25)13(2-3-22-15)23-7-12(8-23)27-11-5-9(17(19,20)21)4-10(18)6-11/h2-6,12H,7-8H2,1H3,(H,24,25). The normalized spacial score (nSPS) is 14.6. The van der Waals surface area contributed by atoms with Gasteiger partial charge < -0.3 is 19.5 Å². The van der Waals surface area contributed by atoms with Gasteiger partial charge in [-0.05, 0) is 18.2 Å².